The second-order valence-corrected chi connectivity index (χ2v) is 7.07. The lowest BCUT2D eigenvalue weighted by Gasteiger charge is -2.28. The van der Waals surface area contributed by atoms with Crippen LogP contribution in [0.15, 0.2) is 24.5 Å². The van der Waals surface area contributed by atoms with Crippen LogP contribution < -0.4 is 21.7 Å². The third-order valence-electron chi connectivity index (χ3n) is 4.82. The number of carbonyl (C=O) groups is 2. The number of hydrogen-bond donors (Lipinski definition) is 5. The highest BCUT2D eigenvalue weighted by Crippen LogP contribution is 2.37. The third-order valence-corrected chi connectivity index (χ3v) is 4.82. The Morgan fingerprint density at radius 1 is 1.27 bits per heavy atom. The molecule has 0 bridgehead atoms. The first-order chi connectivity index (χ1) is 14.3. The highest BCUT2D eigenvalue weighted by molar-refractivity contribution is 5.98. The summed E-state index contributed by atoms with van der Waals surface area (Å²) >= 11 is 0. The van der Waals surface area contributed by atoms with Gasteiger partial charge in [-0.2, -0.15) is 0 Å². The number of nitrogens with zero attached hydrogens (tertiary/aromatic N) is 2. The van der Waals surface area contributed by atoms with Crippen molar-refractivity contribution >= 4 is 29.3 Å². The summed E-state index contributed by atoms with van der Waals surface area (Å²) < 4.78 is 28.1. The topological polar surface area (TPSA) is 142 Å². The van der Waals surface area contributed by atoms with E-state index in [9.17, 15) is 18.4 Å². The quantitative estimate of drug-likeness (QED) is 0.420. The van der Waals surface area contributed by atoms with Crippen LogP contribution in [0.3, 0.4) is 0 Å². The van der Waals surface area contributed by atoms with E-state index in [2.05, 4.69) is 25.9 Å². The minimum atomic E-state index is -1.17. The van der Waals surface area contributed by atoms with E-state index >= 15 is 0 Å². The molecule has 0 aromatic carbocycles. The Morgan fingerprint density at radius 2 is 2.00 bits per heavy atom. The Balaban J connectivity index is 1.93. The lowest BCUT2D eigenvalue weighted by molar-refractivity contribution is 0.100. The molecule has 6 N–H and O–H groups in total. The molecule has 160 valence electrons. The van der Waals surface area contributed by atoms with Gasteiger partial charge in [0.25, 0.3) is 5.91 Å². The average Bonchev–Trinajstić information content (AvgIpc) is 3.51. The highest BCUT2D eigenvalue weighted by atomic mass is 19.1. The molecule has 0 unspecified atom stereocenters. The average molecular weight is 420 g/mol. The molecule has 0 spiro atoms. The van der Waals surface area contributed by atoms with Gasteiger partial charge in [0.2, 0.25) is 0 Å². The van der Waals surface area contributed by atoms with E-state index in [1.165, 1.54) is 6.20 Å². The third kappa shape index (κ3) is 5.10. The predicted octanol–water partition coefficient (Wildman–Crippen LogP) is 2.83. The maximum Gasteiger partial charge on any atom is 0.404 e. The second kappa shape index (κ2) is 8.89. The number of pyridine rings is 2. The molecule has 3 rings (SSSR count). The SMILES string of the molecule is CC[C@H](NC(=O)O)[C@H](Nc1nc(Nc2cncc(F)c2)c(C(N)=O)cc1F)C1CC1. The Morgan fingerprint density at radius 3 is 2.57 bits per heavy atom. The summed E-state index contributed by atoms with van der Waals surface area (Å²) in [5, 5.41) is 17.2. The van der Waals surface area contributed by atoms with Crippen molar-refractivity contribution in [2.45, 2.75) is 38.3 Å². The van der Waals surface area contributed by atoms with Gasteiger partial charge in [-0.1, -0.05) is 6.92 Å². The summed E-state index contributed by atoms with van der Waals surface area (Å²) in [5.74, 6) is -2.44. The molecular weight excluding hydrogens is 398 g/mol. The number of carbonyl (C=O) groups excluding carboxylic acids is 1. The molecule has 2 atom stereocenters. The van der Waals surface area contributed by atoms with E-state index in [1.807, 2.05) is 6.92 Å². The van der Waals surface area contributed by atoms with E-state index in [1.54, 1.807) is 0 Å². The van der Waals surface area contributed by atoms with Gasteiger partial charge in [-0.05, 0) is 31.2 Å². The van der Waals surface area contributed by atoms with Crippen molar-refractivity contribution in [3.05, 3.63) is 41.7 Å². The number of carboxylic acid groups (broad SMARTS) is 1. The normalized spacial score (nSPS) is 15.2. The van der Waals surface area contributed by atoms with Crippen LogP contribution in [0.2, 0.25) is 0 Å². The van der Waals surface area contributed by atoms with Gasteiger partial charge in [0.05, 0.1) is 35.7 Å². The van der Waals surface area contributed by atoms with Gasteiger partial charge in [0, 0.05) is 6.07 Å². The molecule has 2 amide bonds. The van der Waals surface area contributed by atoms with E-state index in [0.717, 1.165) is 31.2 Å². The lowest BCUT2D eigenvalue weighted by Crippen LogP contribution is -2.47. The van der Waals surface area contributed by atoms with Crippen LogP contribution in [-0.2, 0) is 0 Å². The van der Waals surface area contributed by atoms with Gasteiger partial charge >= 0.3 is 6.09 Å². The van der Waals surface area contributed by atoms with Crippen LogP contribution in [0, 0.1) is 17.6 Å². The van der Waals surface area contributed by atoms with Crippen LogP contribution in [0.4, 0.5) is 30.9 Å². The van der Waals surface area contributed by atoms with Crippen LogP contribution in [0.5, 0.6) is 0 Å². The van der Waals surface area contributed by atoms with Gasteiger partial charge in [0.1, 0.15) is 11.6 Å². The summed E-state index contributed by atoms with van der Waals surface area (Å²) in [6.07, 6.45) is 3.37. The molecule has 1 saturated carbocycles. The van der Waals surface area contributed by atoms with E-state index in [4.69, 9.17) is 10.8 Å². The zero-order valence-corrected chi connectivity index (χ0v) is 16.2. The van der Waals surface area contributed by atoms with Crippen molar-refractivity contribution in [1.82, 2.24) is 15.3 Å². The monoisotopic (exact) mass is 420 g/mol. The van der Waals surface area contributed by atoms with E-state index in [0.29, 0.717) is 6.42 Å². The van der Waals surface area contributed by atoms with Gasteiger partial charge in [-0.15, -0.1) is 0 Å². The number of amides is 2. The number of aromatic nitrogens is 2. The van der Waals surface area contributed by atoms with Gasteiger partial charge in [-0.3, -0.25) is 9.78 Å². The standard InChI is InChI=1S/C19H22F2N6O3/c1-2-14(25-19(29)30)15(9-3-4-9)26-18-13(21)6-12(16(22)28)17(27-18)24-11-5-10(20)7-23-8-11/h5-9,14-15,25H,2-4H2,1H3,(H2,22,28)(H,29,30)(H2,24,26,27)/t14-,15+/m0/s1. The summed E-state index contributed by atoms with van der Waals surface area (Å²) in [4.78, 5) is 30.7. The van der Waals surface area contributed by atoms with Crippen molar-refractivity contribution in [2.24, 2.45) is 11.7 Å². The fourth-order valence-electron chi connectivity index (χ4n) is 3.25. The fourth-order valence-corrected chi connectivity index (χ4v) is 3.25. The Hall–Kier alpha value is -3.50. The predicted molar refractivity (Wildman–Crippen MR) is 106 cm³/mol. The molecule has 30 heavy (non-hydrogen) atoms. The summed E-state index contributed by atoms with van der Waals surface area (Å²) in [6, 6.07) is 1.21. The molecule has 9 nitrogen and oxygen atoms in total. The number of anilines is 3. The largest absolute Gasteiger partial charge is 0.465 e. The number of primary amides is 1. The summed E-state index contributed by atoms with van der Waals surface area (Å²) in [7, 11) is 0. The molecular formula is C19H22F2N6O3. The first-order valence-electron chi connectivity index (χ1n) is 9.42. The summed E-state index contributed by atoms with van der Waals surface area (Å²) in [6.45, 7) is 1.82. The highest BCUT2D eigenvalue weighted by Gasteiger charge is 2.37. The number of rotatable bonds is 9. The smallest absolute Gasteiger partial charge is 0.404 e. The van der Waals surface area contributed by atoms with Crippen LogP contribution >= 0.6 is 0 Å². The Bertz CT molecular complexity index is 954. The van der Waals surface area contributed by atoms with E-state index in [-0.39, 0.29) is 28.8 Å². The Labute approximate surface area is 171 Å². The van der Waals surface area contributed by atoms with Crippen LogP contribution in [-0.4, -0.2) is 39.2 Å². The first kappa shape index (κ1) is 21.2. The molecule has 0 aliphatic heterocycles. The molecule has 2 aromatic rings. The van der Waals surface area contributed by atoms with Gasteiger partial charge < -0.3 is 26.8 Å². The Kier molecular flexibility index (Phi) is 6.28. The molecule has 1 aliphatic rings. The van der Waals surface area contributed by atoms with Crippen molar-refractivity contribution < 1.29 is 23.5 Å². The van der Waals surface area contributed by atoms with Crippen molar-refractivity contribution in [3.63, 3.8) is 0 Å². The molecule has 1 fully saturated rings. The number of halogens is 2. The lowest BCUT2D eigenvalue weighted by atomic mass is 10.0. The number of hydrogen-bond acceptors (Lipinski definition) is 6. The molecule has 0 radical (unpaired) electrons. The van der Waals surface area contributed by atoms with Crippen LogP contribution in [0.25, 0.3) is 0 Å². The number of nitrogens with two attached hydrogens (primary N) is 1. The fraction of sp³-hybridized carbons (Fsp3) is 0.368. The first-order valence-corrected chi connectivity index (χ1v) is 9.42. The van der Waals surface area contributed by atoms with Gasteiger partial charge in [-0.25, -0.2) is 18.6 Å². The van der Waals surface area contributed by atoms with Gasteiger partial charge in [0.15, 0.2) is 11.6 Å². The van der Waals surface area contributed by atoms with E-state index < -0.39 is 35.7 Å². The minimum absolute atomic E-state index is 0.0763. The molecule has 11 heteroatoms. The maximum atomic E-state index is 14.7. The van der Waals surface area contributed by atoms with Crippen molar-refractivity contribution in [2.75, 3.05) is 10.6 Å². The molecule has 2 heterocycles. The molecule has 2 aromatic heterocycles. The zero-order chi connectivity index (χ0) is 21.8. The summed E-state index contributed by atoms with van der Waals surface area (Å²) in [5.41, 5.74) is 5.30. The molecule has 1 aliphatic carbocycles. The number of nitrogens with one attached hydrogen (secondary N) is 3. The van der Waals surface area contributed by atoms with Crippen molar-refractivity contribution in [3.8, 4) is 0 Å². The molecule has 0 saturated heterocycles. The minimum Gasteiger partial charge on any atom is -0.465 e. The van der Waals surface area contributed by atoms with Crippen LogP contribution in [0.1, 0.15) is 36.5 Å². The maximum absolute atomic E-state index is 14.7. The zero-order valence-electron chi connectivity index (χ0n) is 16.2. The van der Waals surface area contributed by atoms with Crippen molar-refractivity contribution in [1.29, 1.82) is 0 Å². The second-order valence-electron chi connectivity index (χ2n) is 7.07.